The number of fused-ring (bicyclic) bond motifs is 1. The van der Waals surface area contributed by atoms with E-state index in [2.05, 4.69) is 10.3 Å². The molecular weight excluding hydrogens is 256 g/mol. The number of ether oxygens (including phenoxy) is 1. The number of aromatic nitrogens is 1. The largest absolute Gasteiger partial charge is 0.478 e. The fourth-order valence-corrected chi connectivity index (χ4v) is 2.40. The van der Waals surface area contributed by atoms with Gasteiger partial charge in [-0.05, 0) is 18.6 Å². The molecule has 2 N–H and O–H groups in total. The van der Waals surface area contributed by atoms with Crippen LogP contribution in [0.3, 0.4) is 0 Å². The summed E-state index contributed by atoms with van der Waals surface area (Å²) in [4.78, 5) is 15.8. The number of anilines is 1. The van der Waals surface area contributed by atoms with Gasteiger partial charge in [-0.2, -0.15) is 0 Å². The van der Waals surface area contributed by atoms with E-state index >= 15 is 0 Å². The van der Waals surface area contributed by atoms with Gasteiger partial charge < -0.3 is 15.2 Å². The molecule has 1 aliphatic rings. The summed E-state index contributed by atoms with van der Waals surface area (Å²) in [5.41, 5.74) is 1.00. The zero-order valence-corrected chi connectivity index (χ0v) is 11.0. The van der Waals surface area contributed by atoms with E-state index in [9.17, 15) is 9.90 Å². The molecule has 2 heterocycles. The van der Waals surface area contributed by atoms with Gasteiger partial charge >= 0.3 is 5.97 Å². The molecule has 5 heteroatoms. The normalized spacial score (nSPS) is 18.3. The molecule has 0 spiro atoms. The van der Waals surface area contributed by atoms with Gasteiger partial charge in [-0.25, -0.2) is 9.78 Å². The van der Waals surface area contributed by atoms with Crippen LogP contribution in [-0.2, 0) is 4.74 Å². The molecule has 0 amide bonds. The van der Waals surface area contributed by atoms with Crippen molar-refractivity contribution in [1.29, 1.82) is 0 Å². The minimum absolute atomic E-state index is 0.211. The van der Waals surface area contributed by atoms with Crippen molar-refractivity contribution in [2.45, 2.75) is 6.42 Å². The molecule has 1 aromatic heterocycles. The maximum Gasteiger partial charge on any atom is 0.339 e. The summed E-state index contributed by atoms with van der Waals surface area (Å²) in [6.45, 7) is 2.19. The highest BCUT2D eigenvalue weighted by Crippen LogP contribution is 2.21. The summed E-state index contributed by atoms with van der Waals surface area (Å²) in [5, 5.41) is 13.3. The average molecular weight is 272 g/mol. The van der Waals surface area contributed by atoms with Crippen molar-refractivity contribution in [2.75, 3.05) is 25.1 Å². The lowest BCUT2D eigenvalue weighted by atomic mass is 10.1. The van der Waals surface area contributed by atoms with Crippen molar-refractivity contribution in [1.82, 2.24) is 4.98 Å². The molecule has 1 fully saturated rings. The molecule has 0 radical (unpaired) electrons. The maximum absolute atomic E-state index is 11.4. The van der Waals surface area contributed by atoms with Crippen molar-refractivity contribution in [3.63, 3.8) is 0 Å². The predicted molar refractivity (Wildman–Crippen MR) is 76.1 cm³/mol. The Kier molecular flexibility index (Phi) is 3.52. The fraction of sp³-hybridized carbons (Fsp3) is 0.333. The Labute approximate surface area is 116 Å². The second-order valence-electron chi connectivity index (χ2n) is 4.99. The van der Waals surface area contributed by atoms with Gasteiger partial charge in [-0.3, -0.25) is 0 Å². The molecule has 1 aliphatic heterocycles. The summed E-state index contributed by atoms with van der Waals surface area (Å²) in [5.74, 6) is -0.110. The zero-order chi connectivity index (χ0) is 13.9. The molecule has 2 aromatic rings. The van der Waals surface area contributed by atoms with Crippen LogP contribution in [0.2, 0.25) is 0 Å². The lowest BCUT2D eigenvalue weighted by Gasteiger charge is -2.13. The number of carbonyl (C=O) groups is 1. The summed E-state index contributed by atoms with van der Waals surface area (Å²) < 4.78 is 5.32. The fourth-order valence-electron chi connectivity index (χ4n) is 2.40. The number of benzene rings is 1. The van der Waals surface area contributed by atoms with Crippen molar-refractivity contribution in [3.05, 3.63) is 35.9 Å². The second-order valence-corrected chi connectivity index (χ2v) is 4.99. The first-order valence-electron chi connectivity index (χ1n) is 6.69. The van der Waals surface area contributed by atoms with Crippen molar-refractivity contribution >= 4 is 22.7 Å². The lowest BCUT2D eigenvalue weighted by Crippen LogP contribution is -2.17. The number of carboxylic acid groups (broad SMARTS) is 1. The molecule has 0 saturated carbocycles. The SMILES string of the molecule is O=C(O)c1cc2ccccc2nc1NCC1CCOC1. The highest BCUT2D eigenvalue weighted by atomic mass is 16.5. The Bertz CT molecular complexity index is 636. The number of aromatic carboxylic acids is 1. The van der Waals surface area contributed by atoms with Crippen molar-refractivity contribution in [3.8, 4) is 0 Å². The van der Waals surface area contributed by atoms with Crippen molar-refractivity contribution < 1.29 is 14.6 Å². The highest BCUT2D eigenvalue weighted by Gasteiger charge is 2.18. The Morgan fingerprint density at radius 3 is 3.05 bits per heavy atom. The van der Waals surface area contributed by atoms with Crippen LogP contribution in [0.15, 0.2) is 30.3 Å². The van der Waals surface area contributed by atoms with Gasteiger partial charge in [-0.1, -0.05) is 18.2 Å². The maximum atomic E-state index is 11.4. The van der Waals surface area contributed by atoms with Crippen LogP contribution < -0.4 is 5.32 Å². The topological polar surface area (TPSA) is 71.5 Å². The third-order valence-electron chi connectivity index (χ3n) is 3.54. The zero-order valence-electron chi connectivity index (χ0n) is 11.0. The minimum atomic E-state index is -0.964. The number of para-hydroxylation sites is 1. The van der Waals surface area contributed by atoms with E-state index in [1.54, 1.807) is 6.07 Å². The lowest BCUT2D eigenvalue weighted by molar-refractivity contribution is 0.0697. The van der Waals surface area contributed by atoms with Crippen LogP contribution in [0.25, 0.3) is 10.9 Å². The van der Waals surface area contributed by atoms with E-state index in [4.69, 9.17) is 4.74 Å². The Hall–Kier alpha value is -2.14. The number of hydrogen-bond acceptors (Lipinski definition) is 4. The van der Waals surface area contributed by atoms with Gasteiger partial charge in [0.1, 0.15) is 11.4 Å². The number of hydrogen-bond donors (Lipinski definition) is 2. The predicted octanol–water partition coefficient (Wildman–Crippen LogP) is 2.38. The molecule has 104 valence electrons. The molecule has 20 heavy (non-hydrogen) atoms. The van der Waals surface area contributed by atoms with Gasteiger partial charge in [-0.15, -0.1) is 0 Å². The van der Waals surface area contributed by atoms with E-state index in [0.717, 1.165) is 30.5 Å². The number of nitrogens with one attached hydrogen (secondary N) is 1. The van der Waals surface area contributed by atoms with E-state index in [1.807, 2.05) is 24.3 Å². The number of rotatable bonds is 4. The third-order valence-corrected chi connectivity index (χ3v) is 3.54. The van der Waals surface area contributed by atoms with Gasteiger partial charge in [0.25, 0.3) is 0 Å². The van der Waals surface area contributed by atoms with Gasteiger partial charge in [0.2, 0.25) is 0 Å². The number of pyridine rings is 1. The highest BCUT2D eigenvalue weighted by molar-refractivity contribution is 5.98. The molecule has 0 aliphatic carbocycles. The Morgan fingerprint density at radius 2 is 2.30 bits per heavy atom. The Morgan fingerprint density at radius 1 is 1.45 bits per heavy atom. The summed E-state index contributed by atoms with van der Waals surface area (Å²) >= 11 is 0. The monoisotopic (exact) mass is 272 g/mol. The third kappa shape index (κ3) is 2.58. The number of nitrogens with zero attached hydrogens (tertiary/aromatic N) is 1. The standard InChI is InChI=1S/C15H16N2O3/c18-15(19)12-7-11-3-1-2-4-13(11)17-14(12)16-8-10-5-6-20-9-10/h1-4,7,10H,5-6,8-9H2,(H,16,17)(H,18,19). The summed E-state index contributed by atoms with van der Waals surface area (Å²) in [7, 11) is 0. The van der Waals surface area contributed by atoms with Crippen LogP contribution in [-0.4, -0.2) is 35.8 Å². The smallest absolute Gasteiger partial charge is 0.339 e. The molecule has 1 aromatic carbocycles. The van der Waals surface area contributed by atoms with Gasteiger partial charge in [0.15, 0.2) is 0 Å². The Balaban J connectivity index is 1.90. The van der Waals surface area contributed by atoms with Crippen LogP contribution in [0.1, 0.15) is 16.8 Å². The molecule has 1 saturated heterocycles. The molecule has 3 rings (SSSR count). The molecule has 5 nitrogen and oxygen atoms in total. The van der Waals surface area contributed by atoms with E-state index in [-0.39, 0.29) is 5.56 Å². The van der Waals surface area contributed by atoms with Crippen LogP contribution in [0.4, 0.5) is 5.82 Å². The summed E-state index contributed by atoms with van der Waals surface area (Å²) in [6.07, 6.45) is 1.00. The first-order valence-corrected chi connectivity index (χ1v) is 6.69. The first kappa shape index (κ1) is 12.9. The van der Waals surface area contributed by atoms with E-state index in [1.165, 1.54) is 0 Å². The minimum Gasteiger partial charge on any atom is -0.478 e. The average Bonchev–Trinajstić information content (AvgIpc) is 2.97. The van der Waals surface area contributed by atoms with E-state index < -0.39 is 5.97 Å². The first-order chi connectivity index (χ1) is 9.74. The number of carboxylic acids is 1. The quantitative estimate of drug-likeness (QED) is 0.894. The van der Waals surface area contributed by atoms with Gasteiger partial charge in [0, 0.05) is 24.5 Å². The molecular formula is C15H16N2O3. The van der Waals surface area contributed by atoms with Gasteiger partial charge in [0.05, 0.1) is 12.1 Å². The molecule has 1 atom stereocenters. The second kappa shape index (κ2) is 5.46. The van der Waals surface area contributed by atoms with Crippen LogP contribution in [0, 0.1) is 5.92 Å². The molecule has 0 bridgehead atoms. The van der Waals surface area contributed by atoms with Crippen molar-refractivity contribution in [2.24, 2.45) is 5.92 Å². The summed E-state index contributed by atoms with van der Waals surface area (Å²) in [6, 6.07) is 9.18. The van der Waals surface area contributed by atoms with Crippen LogP contribution in [0.5, 0.6) is 0 Å². The molecule has 1 unspecified atom stereocenters. The van der Waals surface area contributed by atoms with Crippen LogP contribution >= 0.6 is 0 Å². The van der Waals surface area contributed by atoms with E-state index in [0.29, 0.717) is 18.3 Å².